The van der Waals surface area contributed by atoms with Crippen molar-refractivity contribution in [1.29, 1.82) is 0 Å². The molecule has 0 spiro atoms. The van der Waals surface area contributed by atoms with Crippen LogP contribution in [0.1, 0.15) is 11.3 Å². The first-order chi connectivity index (χ1) is 8.74. The highest BCUT2D eigenvalue weighted by Crippen LogP contribution is 2.10. The predicted molar refractivity (Wildman–Crippen MR) is 68.7 cm³/mol. The Morgan fingerprint density at radius 3 is 2.61 bits per heavy atom. The standard InChI is InChI=1S/C14H15NO3/c1-18-14-9-15(12(10-16)7-13(14)17)8-11-5-3-2-4-6-11/h2-7,9,16H,8,10H2,1H3. The number of methoxy groups -OCH3 is 1. The lowest BCUT2D eigenvalue weighted by Crippen LogP contribution is -2.15. The number of benzene rings is 1. The van der Waals surface area contributed by atoms with Crippen LogP contribution in [-0.4, -0.2) is 16.8 Å². The number of rotatable bonds is 4. The molecule has 1 aromatic carbocycles. The van der Waals surface area contributed by atoms with E-state index >= 15 is 0 Å². The van der Waals surface area contributed by atoms with Crippen LogP contribution < -0.4 is 10.2 Å². The lowest BCUT2D eigenvalue weighted by atomic mass is 10.2. The van der Waals surface area contributed by atoms with Gasteiger partial charge in [-0.1, -0.05) is 30.3 Å². The van der Waals surface area contributed by atoms with Gasteiger partial charge in [0.2, 0.25) is 5.43 Å². The molecule has 0 aliphatic heterocycles. The summed E-state index contributed by atoms with van der Waals surface area (Å²) in [4.78, 5) is 11.6. The number of nitrogens with zero attached hydrogens (tertiary/aromatic N) is 1. The minimum atomic E-state index is -0.217. The maximum Gasteiger partial charge on any atom is 0.223 e. The van der Waals surface area contributed by atoms with Crippen LogP contribution in [0.4, 0.5) is 0 Å². The lowest BCUT2D eigenvalue weighted by Gasteiger charge is -2.13. The summed E-state index contributed by atoms with van der Waals surface area (Å²) < 4.78 is 6.82. The van der Waals surface area contributed by atoms with Crippen molar-refractivity contribution < 1.29 is 9.84 Å². The fourth-order valence-electron chi connectivity index (χ4n) is 1.81. The van der Waals surface area contributed by atoms with Crippen molar-refractivity contribution in [3.05, 3.63) is 64.1 Å². The highest BCUT2D eigenvalue weighted by atomic mass is 16.5. The molecule has 2 rings (SSSR count). The smallest absolute Gasteiger partial charge is 0.223 e. The Kier molecular flexibility index (Phi) is 3.79. The first kappa shape index (κ1) is 12.4. The van der Waals surface area contributed by atoms with Gasteiger partial charge >= 0.3 is 0 Å². The average Bonchev–Trinajstić information content (AvgIpc) is 2.41. The van der Waals surface area contributed by atoms with Crippen molar-refractivity contribution in [2.24, 2.45) is 0 Å². The van der Waals surface area contributed by atoms with E-state index in [0.717, 1.165) is 5.56 Å². The molecule has 0 fully saturated rings. The number of aliphatic hydroxyl groups excluding tert-OH is 1. The summed E-state index contributed by atoms with van der Waals surface area (Å²) in [6.07, 6.45) is 1.63. The van der Waals surface area contributed by atoms with Gasteiger partial charge in [0.05, 0.1) is 19.9 Å². The van der Waals surface area contributed by atoms with Crippen LogP contribution in [0.2, 0.25) is 0 Å². The Morgan fingerprint density at radius 1 is 1.28 bits per heavy atom. The Hall–Kier alpha value is -2.07. The number of pyridine rings is 1. The van der Waals surface area contributed by atoms with E-state index in [0.29, 0.717) is 12.2 Å². The van der Waals surface area contributed by atoms with Gasteiger partial charge in [0, 0.05) is 18.3 Å². The second-order valence-corrected chi connectivity index (χ2v) is 3.97. The Bertz CT molecular complexity index is 575. The molecular weight excluding hydrogens is 230 g/mol. The van der Waals surface area contributed by atoms with Gasteiger partial charge in [0.25, 0.3) is 0 Å². The van der Waals surface area contributed by atoms with E-state index in [9.17, 15) is 9.90 Å². The van der Waals surface area contributed by atoms with Gasteiger partial charge in [-0.2, -0.15) is 0 Å². The SMILES string of the molecule is COc1cn(Cc2ccccc2)c(CO)cc1=O. The van der Waals surface area contributed by atoms with Gasteiger partial charge in [-0.05, 0) is 5.56 Å². The number of aromatic nitrogens is 1. The van der Waals surface area contributed by atoms with Crippen LogP contribution in [0, 0.1) is 0 Å². The van der Waals surface area contributed by atoms with Crippen LogP contribution in [0.3, 0.4) is 0 Å². The van der Waals surface area contributed by atoms with Crippen molar-refractivity contribution >= 4 is 0 Å². The van der Waals surface area contributed by atoms with E-state index in [1.54, 1.807) is 6.20 Å². The molecule has 0 aliphatic rings. The molecule has 0 aliphatic carbocycles. The molecule has 0 bridgehead atoms. The first-order valence-corrected chi connectivity index (χ1v) is 5.66. The van der Waals surface area contributed by atoms with E-state index in [1.807, 2.05) is 34.9 Å². The molecule has 94 valence electrons. The maximum atomic E-state index is 11.6. The minimum Gasteiger partial charge on any atom is -0.491 e. The average molecular weight is 245 g/mol. The predicted octanol–water partition coefficient (Wildman–Crippen LogP) is 1.40. The number of ether oxygens (including phenoxy) is 1. The molecule has 4 heteroatoms. The normalized spacial score (nSPS) is 10.3. The summed E-state index contributed by atoms with van der Waals surface area (Å²) in [5.74, 6) is 0.281. The molecular formula is C14H15NO3. The summed E-state index contributed by atoms with van der Waals surface area (Å²) >= 11 is 0. The monoisotopic (exact) mass is 245 g/mol. The molecule has 0 saturated heterocycles. The Labute approximate surface area is 105 Å². The van der Waals surface area contributed by atoms with E-state index in [4.69, 9.17) is 4.74 Å². The van der Waals surface area contributed by atoms with Gasteiger partial charge in [-0.15, -0.1) is 0 Å². The largest absolute Gasteiger partial charge is 0.491 e. The van der Waals surface area contributed by atoms with Crippen LogP contribution in [0.25, 0.3) is 0 Å². The van der Waals surface area contributed by atoms with E-state index in [2.05, 4.69) is 0 Å². The summed E-state index contributed by atoms with van der Waals surface area (Å²) in [5.41, 5.74) is 1.45. The highest BCUT2D eigenvalue weighted by Gasteiger charge is 2.06. The summed E-state index contributed by atoms with van der Waals surface area (Å²) in [7, 11) is 1.46. The number of aliphatic hydroxyl groups is 1. The summed E-state index contributed by atoms with van der Waals surface area (Å²) in [5, 5.41) is 9.28. The molecule has 18 heavy (non-hydrogen) atoms. The van der Waals surface area contributed by atoms with Crippen LogP contribution in [0.15, 0.2) is 47.4 Å². The third kappa shape index (κ3) is 2.60. The highest BCUT2D eigenvalue weighted by molar-refractivity contribution is 5.24. The van der Waals surface area contributed by atoms with Crippen LogP contribution in [-0.2, 0) is 13.2 Å². The molecule has 4 nitrogen and oxygen atoms in total. The molecule has 0 saturated carbocycles. The van der Waals surface area contributed by atoms with Gasteiger partial charge in [-0.3, -0.25) is 4.79 Å². The zero-order valence-electron chi connectivity index (χ0n) is 10.2. The van der Waals surface area contributed by atoms with Crippen molar-refractivity contribution in [1.82, 2.24) is 4.57 Å². The number of hydrogen-bond acceptors (Lipinski definition) is 3. The van der Waals surface area contributed by atoms with E-state index in [1.165, 1.54) is 13.2 Å². The van der Waals surface area contributed by atoms with Crippen LogP contribution >= 0.6 is 0 Å². The Morgan fingerprint density at radius 2 is 2.00 bits per heavy atom. The Balaban J connectivity index is 2.40. The fraction of sp³-hybridized carbons (Fsp3) is 0.214. The molecule has 1 aromatic heterocycles. The van der Waals surface area contributed by atoms with Crippen molar-refractivity contribution in [3.8, 4) is 5.75 Å². The summed E-state index contributed by atoms with van der Waals surface area (Å²) in [6, 6.07) is 11.2. The minimum absolute atomic E-state index is 0.175. The second kappa shape index (κ2) is 5.51. The van der Waals surface area contributed by atoms with Crippen molar-refractivity contribution in [3.63, 3.8) is 0 Å². The molecule has 1 N–H and O–H groups in total. The molecule has 1 heterocycles. The fourth-order valence-corrected chi connectivity index (χ4v) is 1.81. The van der Waals surface area contributed by atoms with E-state index < -0.39 is 0 Å². The van der Waals surface area contributed by atoms with E-state index in [-0.39, 0.29) is 17.8 Å². The molecule has 0 atom stereocenters. The lowest BCUT2D eigenvalue weighted by molar-refractivity contribution is 0.269. The first-order valence-electron chi connectivity index (χ1n) is 5.66. The zero-order chi connectivity index (χ0) is 13.0. The third-order valence-electron chi connectivity index (χ3n) is 2.76. The second-order valence-electron chi connectivity index (χ2n) is 3.97. The van der Waals surface area contributed by atoms with Gasteiger partial charge in [-0.25, -0.2) is 0 Å². The maximum absolute atomic E-state index is 11.6. The molecule has 0 radical (unpaired) electrons. The van der Waals surface area contributed by atoms with Gasteiger partial charge < -0.3 is 14.4 Å². The van der Waals surface area contributed by atoms with Crippen molar-refractivity contribution in [2.75, 3.05) is 7.11 Å². The van der Waals surface area contributed by atoms with Crippen molar-refractivity contribution in [2.45, 2.75) is 13.2 Å². The van der Waals surface area contributed by atoms with Crippen LogP contribution in [0.5, 0.6) is 5.75 Å². The van der Waals surface area contributed by atoms with Gasteiger partial charge in [0.15, 0.2) is 5.75 Å². The number of hydrogen-bond donors (Lipinski definition) is 1. The quantitative estimate of drug-likeness (QED) is 0.885. The molecule has 2 aromatic rings. The zero-order valence-corrected chi connectivity index (χ0v) is 10.2. The molecule has 0 unspecified atom stereocenters. The molecule has 0 amide bonds. The summed E-state index contributed by atoms with van der Waals surface area (Å²) in [6.45, 7) is 0.416. The van der Waals surface area contributed by atoms with Gasteiger partial charge in [0.1, 0.15) is 0 Å². The topological polar surface area (TPSA) is 51.5 Å². The third-order valence-corrected chi connectivity index (χ3v) is 2.76.